The quantitative estimate of drug-likeness (QED) is 0.486. The first kappa shape index (κ1) is 24.5. The number of ether oxygens (including phenoxy) is 2. The second kappa shape index (κ2) is 8.04. The van der Waals surface area contributed by atoms with Gasteiger partial charge in [0.2, 0.25) is 0 Å². The van der Waals surface area contributed by atoms with Crippen molar-refractivity contribution in [1.82, 2.24) is 0 Å². The summed E-state index contributed by atoms with van der Waals surface area (Å²) in [5, 5.41) is 0. The van der Waals surface area contributed by atoms with Gasteiger partial charge in [-0.2, -0.15) is 26.3 Å². The van der Waals surface area contributed by atoms with Crippen LogP contribution in [0.5, 0.6) is 0 Å². The van der Waals surface area contributed by atoms with Crippen molar-refractivity contribution in [2.24, 2.45) is 16.7 Å². The van der Waals surface area contributed by atoms with Crippen molar-refractivity contribution < 1.29 is 45.4 Å². The third-order valence-electron chi connectivity index (χ3n) is 4.18. The Morgan fingerprint density at radius 2 is 1.35 bits per heavy atom. The Morgan fingerprint density at radius 1 is 0.923 bits per heavy atom. The zero-order valence-electron chi connectivity index (χ0n) is 15.5. The highest BCUT2D eigenvalue weighted by Gasteiger charge is 2.62. The van der Waals surface area contributed by atoms with Crippen molar-refractivity contribution in [3.8, 4) is 0 Å². The Bertz CT molecular complexity index is 490. The number of rotatable bonds is 6. The molecule has 4 nitrogen and oxygen atoms in total. The molecule has 0 aliphatic rings. The van der Waals surface area contributed by atoms with Crippen LogP contribution in [0.3, 0.4) is 0 Å². The van der Waals surface area contributed by atoms with Crippen LogP contribution < -0.4 is 0 Å². The lowest BCUT2D eigenvalue weighted by atomic mass is 9.65. The van der Waals surface area contributed by atoms with Gasteiger partial charge in [-0.15, -0.1) is 0 Å². The molecule has 0 saturated heterocycles. The van der Waals surface area contributed by atoms with Gasteiger partial charge in [0, 0.05) is 0 Å². The molecule has 0 N–H and O–H groups in total. The van der Waals surface area contributed by atoms with E-state index in [-0.39, 0.29) is 6.42 Å². The molecule has 0 aliphatic heterocycles. The molecule has 1 unspecified atom stereocenters. The highest BCUT2D eigenvalue weighted by atomic mass is 19.4. The number of esters is 2. The van der Waals surface area contributed by atoms with Gasteiger partial charge in [0.15, 0.2) is 0 Å². The highest BCUT2D eigenvalue weighted by molar-refractivity contribution is 5.79. The van der Waals surface area contributed by atoms with Crippen LogP contribution in [0.15, 0.2) is 0 Å². The summed E-state index contributed by atoms with van der Waals surface area (Å²) in [6, 6.07) is 0. The second-order valence-corrected chi connectivity index (χ2v) is 7.32. The number of alkyl halides is 6. The van der Waals surface area contributed by atoms with Crippen molar-refractivity contribution in [3.63, 3.8) is 0 Å². The van der Waals surface area contributed by atoms with Gasteiger partial charge in [-0.3, -0.25) is 9.59 Å². The summed E-state index contributed by atoms with van der Waals surface area (Å²) in [6.45, 7) is 8.02. The topological polar surface area (TPSA) is 52.6 Å². The Balaban J connectivity index is 5.83. The molecule has 0 aromatic rings. The zero-order chi connectivity index (χ0) is 21.1. The first-order chi connectivity index (χ1) is 11.4. The first-order valence-electron chi connectivity index (χ1n) is 7.91. The van der Waals surface area contributed by atoms with Gasteiger partial charge in [-0.25, -0.2) is 0 Å². The fourth-order valence-corrected chi connectivity index (χ4v) is 2.26. The van der Waals surface area contributed by atoms with E-state index in [0.717, 1.165) is 0 Å². The van der Waals surface area contributed by atoms with Gasteiger partial charge in [-0.05, 0) is 11.8 Å². The smallest absolute Gasteiger partial charge is 0.434 e. The molecule has 0 rings (SSSR count). The summed E-state index contributed by atoms with van der Waals surface area (Å²) >= 11 is 0. The molecule has 154 valence electrons. The largest absolute Gasteiger partial charge is 0.464 e. The Labute approximate surface area is 148 Å². The van der Waals surface area contributed by atoms with E-state index in [1.165, 1.54) is 41.5 Å². The minimum Gasteiger partial charge on any atom is -0.464 e. The molecule has 0 spiro atoms. The molecule has 0 aromatic carbocycles. The van der Waals surface area contributed by atoms with E-state index in [0.29, 0.717) is 0 Å². The maximum atomic E-state index is 12.7. The molecule has 0 radical (unpaired) electrons. The summed E-state index contributed by atoms with van der Waals surface area (Å²) < 4.78 is 85.0. The average Bonchev–Trinajstić information content (AvgIpc) is 2.41. The lowest BCUT2D eigenvalue weighted by Gasteiger charge is -2.42. The van der Waals surface area contributed by atoms with Crippen molar-refractivity contribution >= 4 is 11.9 Å². The summed E-state index contributed by atoms with van der Waals surface area (Å²) in [7, 11) is 0. The number of hydrogen-bond donors (Lipinski definition) is 0. The van der Waals surface area contributed by atoms with E-state index in [1.54, 1.807) is 0 Å². The maximum absolute atomic E-state index is 12.7. The van der Waals surface area contributed by atoms with Crippen LogP contribution in [0.4, 0.5) is 26.3 Å². The van der Waals surface area contributed by atoms with Crippen LogP contribution in [0.1, 0.15) is 48.0 Å². The second-order valence-electron chi connectivity index (χ2n) is 7.32. The predicted octanol–water partition coefficient (Wildman–Crippen LogP) is 4.66. The van der Waals surface area contributed by atoms with Crippen molar-refractivity contribution in [2.75, 3.05) is 6.61 Å². The number of carbonyl (C=O) groups excluding carboxylic acids is 2. The van der Waals surface area contributed by atoms with Crippen LogP contribution in [-0.2, 0) is 19.1 Å². The summed E-state index contributed by atoms with van der Waals surface area (Å²) in [4.78, 5) is 24.1. The average molecular weight is 394 g/mol. The Kier molecular flexibility index (Phi) is 7.58. The molecular weight excluding hydrogens is 370 g/mol. The van der Waals surface area contributed by atoms with Crippen molar-refractivity contribution in [2.45, 2.75) is 66.4 Å². The molecule has 0 saturated carbocycles. The zero-order valence-corrected chi connectivity index (χ0v) is 15.5. The van der Waals surface area contributed by atoms with E-state index in [4.69, 9.17) is 4.74 Å². The summed E-state index contributed by atoms with van der Waals surface area (Å²) in [6.07, 6.45) is -16.1. The standard InChI is InChI=1S/C16H24F6O4/c1-7-14(13(4,5)6,8-25-10(23)9(2)3)12(24)26-11(15(17,18)19)16(20,21)22/h9,11H,7-8H2,1-6H3. The third kappa shape index (κ3) is 5.77. The molecular formula is C16H24F6O4. The van der Waals surface area contributed by atoms with E-state index >= 15 is 0 Å². The lowest BCUT2D eigenvalue weighted by Crippen LogP contribution is -2.53. The van der Waals surface area contributed by atoms with Gasteiger partial charge >= 0.3 is 24.3 Å². The van der Waals surface area contributed by atoms with Crippen LogP contribution in [0.25, 0.3) is 0 Å². The van der Waals surface area contributed by atoms with Gasteiger partial charge < -0.3 is 9.47 Å². The van der Waals surface area contributed by atoms with E-state index in [2.05, 4.69) is 4.74 Å². The van der Waals surface area contributed by atoms with Crippen LogP contribution in [0, 0.1) is 16.7 Å². The van der Waals surface area contributed by atoms with Gasteiger partial charge in [0.1, 0.15) is 12.0 Å². The molecule has 10 heteroatoms. The minimum atomic E-state index is -5.82. The number of hydrogen-bond acceptors (Lipinski definition) is 4. The van der Waals surface area contributed by atoms with Crippen LogP contribution in [0.2, 0.25) is 0 Å². The number of halogens is 6. The molecule has 26 heavy (non-hydrogen) atoms. The van der Waals surface area contributed by atoms with Crippen molar-refractivity contribution in [1.29, 1.82) is 0 Å². The molecule has 0 aromatic heterocycles. The Morgan fingerprint density at radius 3 is 1.62 bits per heavy atom. The number of carbonyl (C=O) groups is 2. The van der Waals surface area contributed by atoms with E-state index < -0.39 is 53.7 Å². The summed E-state index contributed by atoms with van der Waals surface area (Å²) in [5.74, 6) is -3.04. The molecule has 0 aliphatic carbocycles. The maximum Gasteiger partial charge on any atom is 0.434 e. The van der Waals surface area contributed by atoms with Gasteiger partial charge in [0.25, 0.3) is 6.10 Å². The van der Waals surface area contributed by atoms with Crippen molar-refractivity contribution in [3.05, 3.63) is 0 Å². The lowest BCUT2D eigenvalue weighted by molar-refractivity contribution is -0.317. The summed E-state index contributed by atoms with van der Waals surface area (Å²) in [5.41, 5.74) is -3.02. The van der Waals surface area contributed by atoms with Crippen LogP contribution in [-0.4, -0.2) is 37.0 Å². The first-order valence-corrected chi connectivity index (χ1v) is 7.91. The van der Waals surface area contributed by atoms with E-state index in [1.807, 2.05) is 0 Å². The third-order valence-corrected chi connectivity index (χ3v) is 4.18. The predicted molar refractivity (Wildman–Crippen MR) is 80.0 cm³/mol. The molecule has 0 bridgehead atoms. The minimum absolute atomic E-state index is 0.191. The Hall–Kier alpha value is -1.48. The molecule has 0 heterocycles. The van der Waals surface area contributed by atoms with Gasteiger partial charge in [0.05, 0.1) is 5.92 Å². The van der Waals surface area contributed by atoms with Gasteiger partial charge in [-0.1, -0.05) is 41.5 Å². The SMILES string of the molecule is CCC(COC(=O)C(C)C)(C(=O)OC(C(F)(F)F)C(F)(F)F)C(C)(C)C. The molecule has 0 amide bonds. The fraction of sp³-hybridized carbons (Fsp3) is 0.875. The van der Waals surface area contributed by atoms with Crippen LogP contribution >= 0.6 is 0 Å². The highest BCUT2D eigenvalue weighted by Crippen LogP contribution is 2.45. The normalized spacial score (nSPS) is 15.8. The fourth-order valence-electron chi connectivity index (χ4n) is 2.26. The van der Waals surface area contributed by atoms with E-state index in [9.17, 15) is 35.9 Å². The molecule has 0 fully saturated rings. The molecule has 1 atom stereocenters. The monoisotopic (exact) mass is 394 g/mol.